The zero-order chi connectivity index (χ0) is 50.0. The summed E-state index contributed by atoms with van der Waals surface area (Å²) in [6, 6.07) is 0. The van der Waals surface area contributed by atoms with E-state index < -0.39 is 6.10 Å². The third-order valence-corrected chi connectivity index (χ3v) is 12.7. The van der Waals surface area contributed by atoms with Gasteiger partial charge in [0.1, 0.15) is 13.2 Å². The van der Waals surface area contributed by atoms with E-state index in [0.29, 0.717) is 19.3 Å². The fraction of sp³-hybridized carbons (Fsp3) is 0.762. The van der Waals surface area contributed by atoms with Gasteiger partial charge in [-0.2, -0.15) is 0 Å². The van der Waals surface area contributed by atoms with E-state index in [4.69, 9.17) is 14.2 Å². The smallest absolute Gasteiger partial charge is 0.306 e. The van der Waals surface area contributed by atoms with Crippen LogP contribution in [0.3, 0.4) is 0 Å². The average molecular weight is 964 g/mol. The molecule has 0 fully saturated rings. The Morgan fingerprint density at radius 1 is 0.304 bits per heavy atom. The number of esters is 3. The van der Waals surface area contributed by atoms with Gasteiger partial charge < -0.3 is 14.2 Å². The molecule has 1 atom stereocenters. The first-order valence-electron chi connectivity index (χ1n) is 29.4. The predicted molar refractivity (Wildman–Crippen MR) is 298 cm³/mol. The van der Waals surface area contributed by atoms with Gasteiger partial charge in [-0.05, 0) is 109 Å². The van der Waals surface area contributed by atoms with Crippen molar-refractivity contribution in [3.05, 3.63) is 72.9 Å². The molecular formula is C63H110O6. The van der Waals surface area contributed by atoms with Gasteiger partial charge in [0, 0.05) is 19.3 Å². The topological polar surface area (TPSA) is 78.9 Å². The number of hydrogen-bond acceptors (Lipinski definition) is 6. The lowest BCUT2D eigenvalue weighted by Gasteiger charge is -2.18. The highest BCUT2D eigenvalue weighted by Crippen LogP contribution is 2.15. The second-order valence-corrected chi connectivity index (χ2v) is 19.5. The Balaban J connectivity index is 4.33. The van der Waals surface area contributed by atoms with Crippen molar-refractivity contribution in [1.82, 2.24) is 0 Å². The van der Waals surface area contributed by atoms with Crippen LogP contribution in [-0.4, -0.2) is 37.2 Å². The van der Waals surface area contributed by atoms with E-state index in [1.54, 1.807) is 0 Å². The number of carbonyl (C=O) groups is 3. The summed E-state index contributed by atoms with van der Waals surface area (Å²) in [6.45, 7) is 6.51. The minimum Gasteiger partial charge on any atom is -0.462 e. The molecule has 0 saturated carbocycles. The van der Waals surface area contributed by atoms with Crippen molar-refractivity contribution < 1.29 is 28.6 Å². The van der Waals surface area contributed by atoms with Crippen LogP contribution >= 0.6 is 0 Å². The first-order chi connectivity index (χ1) is 34.0. The Kier molecular flexibility index (Phi) is 54.8. The van der Waals surface area contributed by atoms with Gasteiger partial charge in [-0.25, -0.2) is 0 Å². The molecule has 0 rings (SSSR count). The molecule has 0 radical (unpaired) electrons. The molecule has 0 N–H and O–H groups in total. The normalized spacial score (nSPS) is 12.6. The number of hydrogen-bond donors (Lipinski definition) is 0. The van der Waals surface area contributed by atoms with Crippen molar-refractivity contribution in [2.24, 2.45) is 0 Å². The number of unbranched alkanes of at least 4 members (excludes halogenated alkanes) is 30. The molecular weight excluding hydrogens is 853 g/mol. The van der Waals surface area contributed by atoms with Gasteiger partial charge in [0.05, 0.1) is 0 Å². The SMILES string of the molecule is CC/C=C\C/C=C\C/C=C\C/C=C\CCCCCCCCCCCCC(=O)OCC(COC(=O)CCCCCCC/C=C\CCCCCCC)OC(=O)CCCCCCC/C=C\CCCCCCC. The van der Waals surface area contributed by atoms with Gasteiger partial charge in [0.25, 0.3) is 0 Å². The molecule has 0 aliphatic heterocycles. The second kappa shape index (κ2) is 57.4. The molecule has 0 aliphatic rings. The molecule has 398 valence electrons. The fourth-order valence-corrected chi connectivity index (χ4v) is 8.25. The standard InChI is InChI=1S/C63H110O6/c1-4-7-10-13-16-19-22-25-28-29-30-31-32-33-34-35-36-39-41-44-47-50-53-56-62(65)68-59-60(69-63(66)57-54-51-48-45-42-38-27-24-21-18-15-12-9-6-3)58-67-61(64)55-52-49-46-43-40-37-26-23-20-17-14-11-8-5-2/h7,10,16,19,23-28,30-31,60H,4-6,8-9,11-15,17-18,20-22,29,32-59H2,1-3H3/b10-7-,19-16-,26-23-,27-24-,28-25-,31-30-. The molecule has 0 bridgehead atoms. The van der Waals surface area contributed by atoms with E-state index in [2.05, 4.69) is 93.7 Å². The molecule has 0 aromatic carbocycles. The first-order valence-corrected chi connectivity index (χ1v) is 29.4. The highest BCUT2D eigenvalue weighted by Gasteiger charge is 2.19. The number of carbonyl (C=O) groups excluding carboxylic acids is 3. The maximum Gasteiger partial charge on any atom is 0.306 e. The lowest BCUT2D eigenvalue weighted by atomic mass is 10.1. The third-order valence-electron chi connectivity index (χ3n) is 12.7. The van der Waals surface area contributed by atoms with E-state index in [1.807, 2.05) is 0 Å². The number of ether oxygens (including phenoxy) is 3. The van der Waals surface area contributed by atoms with Crippen molar-refractivity contribution in [2.75, 3.05) is 13.2 Å². The first kappa shape index (κ1) is 65.8. The summed E-state index contributed by atoms with van der Waals surface area (Å²) < 4.78 is 16.9. The molecule has 0 heterocycles. The van der Waals surface area contributed by atoms with Crippen LogP contribution in [0.4, 0.5) is 0 Å². The highest BCUT2D eigenvalue weighted by atomic mass is 16.6. The molecule has 0 aliphatic carbocycles. The van der Waals surface area contributed by atoms with E-state index >= 15 is 0 Å². The van der Waals surface area contributed by atoms with E-state index in [9.17, 15) is 14.4 Å². The fourth-order valence-electron chi connectivity index (χ4n) is 8.25. The molecule has 0 saturated heterocycles. The maximum atomic E-state index is 12.8. The Morgan fingerprint density at radius 3 is 0.899 bits per heavy atom. The minimum absolute atomic E-state index is 0.0825. The van der Waals surface area contributed by atoms with Crippen LogP contribution in [0.1, 0.15) is 290 Å². The Bertz CT molecular complexity index is 1290. The Hall–Kier alpha value is -3.15. The molecule has 6 heteroatoms. The maximum absolute atomic E-state index is 12.8. The van der Waals surface area contributed by atoms with Crippen LogP contribution in [0.25, 0.3) is 0 Å². The molecule has 0 aromatic rings. The van der Waals surface area contributed by atoms with Gasteiger partial charge in [0.15, 0.2) is 6.10 Å². The van der Waals surface area contributed by atoms with Crippen molar-refractivity contribution in [1.29, 1.82) is 0 Å². The quantitative estimate of drug-likeness (QED) is 0.0262. The molecule has 6 nitrogen and oxygen atoms in total. The van der Waals surface area contributed by atoms with E-state index in [1.165, 1.54) is 148 Å². The monoisotopic (exact) mass is 963 g/mol. The molecule has 0 amide bonds. The van der Waals surface area contributed by atoms with Crippen LogP contribution in [-0.2, 0) is 28.6 Å². The number of allylic oxidation sites excluding steroid dienone is 12. The van der Waals surface area contributed by atoms with Gasteiger partial charge in [-0.1, -0.05) is 235 Å². The Labute approximate surface area is 427 Å². The highest BCUT2D eigenvalue weighted by molar-refractivity contribution is 5.71. The van der Waals surface area contributed by atoms with Crippen LogP contribution < -0.4 is 0 Å². The summed E-state index contributed by atoms with van der Waals surface area (Å²) >= 11 is 0. The van der Waals surface area contributed by atoms with E-state index in [-0.39, 0.29) is 31.1 Å². The van der Waals surface area contributed by atoms with Crippen molar-refractivity contribution in [3.63, 3.8) is 0 Å². The third kappa shape index (κ3) is 55.6. The van der Waals surface area contributed by atoms with Gasteiger partial charge in [-0.15, -0.1) is 0 Å². The predicted octanol–water partition coefficient (Wildman–Crippen LogP) is 19.8. The van der Waals surface area contributed by atoms with E-state index in [0.717, 1.165) is 103 Å². The number of rotatable bonds is 53. The van der Waals surface area contributed by atoms with Crippen LogP contribution in [0.15, 0.2) is 72.9 Å². The summed E-state index contributed by atoms with van der Waals surface area (Å²) in [5.74, 6) is -0.895. The Morgan fingerprint density at radius 2 is 0.565 bits per heavy atom. The van der Waals surface area contributed by atoms with Crippen molar-refractivity contribution in [3.8, 4) is 0 Å². The zero-order valence-electron chi connectivity index (χ0n) is 45.6. The molecule has 0 spiro atoms. The van der Waals surface area contributed by atoms with Crippen LogP contribution in [0.5, 0.6) is 0 Å². The molecule has 1 unspecified atom stereocenters. The van der Waals surface area contributed by atoms with Gasteiger partial charge in [-0.3, -0.25) is 14.4 Å². The van der Waals surface area contributed by atoms with Gasteiger partial charge in [0.2, 0.25) is 0 Å². The summed E-state index contributed by atoms with van der Waals surface area (Å²) in [4.78, 5) is 38.2. The molecule has 69 heavy (non-hydrogen) atoms. The van der Waals surface area contributed by atoms with Crippen molar-refractivity contribution in [2.45, 2.75) is 297 Å². The minimum atomic E-state index is -0.784. The summed E-state index contributed by atoms with van der Waals surface area (Å²) in [7, 11) is 0. The lowest BCUT2D eigenvalue weighted by Crippen LogP contribution is -2.30. The second-order valence-electron chi connectivity index (χ2n) is 19.5. The largest absolute Gasteiger partial charge is 0.462 e. The van der Waals surface area contributed by atoms with Gasteiger partial charge >= 0.3 is 17.9 Å². The zero-order valence-corrected chi connectivity index (χ0v) is 45.6. The summed E-state index contributed by atoms with van der Waals surface area (Å²) in [5, 5.41) is 0. The molecule has 0 aromatic heterocycles. The lowest BCUT2D eigenvalue weighted by molar-refractivity contribution is -0.167. The van der Waals surface area contributed by atoms with Crippen LogP contribution in [0, 0.1) is 0 Å². The summed E-state index contributed by atoms with van der Waals surface area (Å²) in [6.07, 6.45) is 73.2. The van der Waals surface area contributed by atoms with Crippen LogP contribution in [0.2, 0.25) is 0 Å². The average Bonchev–Trinajstić information content (AvgIpc) is 3.35. The van der Waals surface area contributed by atoms with Crippen molar-refractivity contribution >= 4 is 17.9 Å². The summed E-state index contributed by atoms with van der Waals surface area (Å²) in [5.41, 5.74) is 0.